The van der Waals surface area contributed by atoms with Gasteiger partial charge < -0.3 is 29.7 Å². The molecule has 9 nitrogen and oxygen atoms in total. The maximum absolute atomic E-state index is 16.2. The average molecular weight is 609 g/mol. The number of nitrogens with zero attached hydrogens (tertiary/aromatic N) is 5. The van der Waals surface area contributed by atoms with E-state index in [1.165, 1.54) is 6.20 Å². The van der Waals surface area contributed by atoms with Gasteiger partial charge in [0.2, 0.25) is 0 Å². The monoisotopic (exact) mass is 608 g/mol. The second kappa shape index (κ2) is 12.2. The number of unbranched alkanes of at least 4 members (excludes halogenated alkanes) is 2. The maximum atomic E-state index is 16.2. The lowest BCUT2D eigenvalue weighted by Gasteiger charge is -2.34. The average Bonchev–Trinajstić information content (AvgIpc) is 3.54. The number of piperazine rings is 1. The number of phenols is 1. The van der Waals surface area contributed by atoms with E-state index in [1.54, 1.807) is 0 Å². The van der Waals surface area contributed by atoms with E-state index in [2.05, 4.69) is 29.9 Å². The molecule has 2 unspecified atom stereocenters. The lowest BCUT2D eigenvalue weighted by molar-refractivity contribution is -0.274. The van der Waals surface area contributed by atoms with Gasteiger partial charge in [-0.05, 0) is 63.3 Å². The van der Waals surface area contributed by atoms with Crippen LogP contribution in [-0.4, -0.2) is 88.9 Å². The summed E-state index contributed by atoms with van der Waals surface area (Å²) in [6.45, 7) is 3.62. The predicted octanol–water partition coefficient (Wildman–Crippen LogP) is 4.97. The molecule has 6 rings (SSSR count). The molecule has 1 aromatic carbocycles. The molecule has 5 heterocycles. The van der Waals surface area contributed by atoms with E-state index in [9.17, 15) is 22.7 Å². The number of pyridine rings is 1. The molecule has 3 fully saturated rings. The molecule has 3 aliphatic rings. The highest BCUT2D eigenvalue weighted by Gasteiger charge is 2.35. The Morgan fingerprint density at radius 1 is 1.02 bits per heavy atom. The number of benzene rings is 1. The number of halogens is 5. The number of ether oxygens (including phenoxy) is 2. The first-order valence-corrected chi connectivity index (χ1v) is 14.6. The Morgan fingerprint density at radius 2 is 1.81 bits per heavy atom. The highest BCUT2D eigenvalue weighted by atomic mass is 19.4. The van der Waals surface area contributed by atoms with Gasteiger partial charge in [0.15, 0.2) is 5.82 Å². The van der Waals surface area contributed by atoms with Crippen molar-refractivity contribution in [3.05, 3.63) is 30.2 Å². The lowest BCUT2D eigenvalue weighted by Crippen LogP contribution is -2.51. The minimum absolute atomic E-state index is 0.0492. The van der Waals surface area contributed by atoms with Crippen LogP contribution in [0.5, 0.6) is 17.5 Å². The molecule has 0 radical (unpaired) electrons. The number of alkyl halides is 4. The molecule has 3 aromatic rings. The molecule has 3 saturated heterocycles. The van der Waals surface area contributed by atoms with Crippen molar-refractivity contribution in [3.63, 3.8) is 0 Å². The molecule has 3 atom stereocenters. The van der Waals surface area contributed by atoms with E-state index in [0.717, 1.165) is 57.0 Å². The number of likely N-dealkylation sites (tertiary alicyclic amines) is 1. The highest BCUT2D eigenvalue weighted by Crippen LogP contribution is 2.39. The maximum Gasteiger partial charge on any atom is 0.573 e. The van der Waals surface area contributed by atoms with Crippen molar-refractivity contribution < 1.29 is 36.5 Å². The molecule has 2 N–H and O–H groups in total. The van der Waals surface area contributed by atoms with E-state index in [-0.39, 0.29) is 41.5 Å². The fraction of sp³-hybridized carbons (Fsp3) is 0.552. The number of fused-ring (bicyclic) bond motifs is 3. The zero-order valence-corrected chi connectivity index (χ0v) is 23.4. The number of phenolic OH excluding ortho intramolecular Hbond substituents is 1. The summed E-state index contributed by atoms with van der Waals surface area (Å²) in [5, 5.41) is 13.8. The normalized spacial score (nSPS) is 22.4. The van der Waals surface area contributed by atoms with Gasteiger partial charge in [-0.25, -0.2) is 8.78 Å². The number of hydrogen-bond acceptors (Lipinski definition) is 9. The Kier molecular flexibility index (Phi) is 8.40. The zero-order valence-electron chi connectivity index (χ0n) is 23.4. The smallest absolute Gasteiger partial charge is 0.508 e. The molecule has 3 aliphatic heterocycles. The zero-order chi connectivity index (χ0) is 30.1. The van der Waals surface area contributed by atoms with Crippen molar-refractivity contribution >= 4 is 16.7 Å². The predicted molar refractivity (Wildman–Crippen MR) is 149 cm³/mol. The summed E-state index contributed by atoms with van der Waals surface area (Å²) in [5.41, 5.74) is -1.00. The molecule has 0 amide bonds. The second-order valence-corrected chi connectivity index (χ2v) is 11.4. The van der Waals surface area contributed by atoms with Crippen molar-refractivity contribution in [3.8, 4) is 28.8 Å². The first-order valence-electron chi connectivity index (χ1n) is 14.6. The van der Waals surface area contributed by atoms with Crippen molar-refractivity contribution in [2.45, 2.75) is 63.1 Å². The molecule has 232 valence electrons. The van der Waals surface area contributed by atoms with Gasteiger partial charge in [-0.3, -0.25) is 4.98 Å². The van der Waals surface area contributed by atoms with Crippen LogP contribution in [0.25, 0.3) is 22.2 Å². The van der Waals surface area contributed by atoms with Crippen LogP contribution < -0.4 is 19.7 Å². The number of anilines is 1. The molecule has 0 saturated carbocycles. The highest BCUT2D eigenvalue weighted by molar-refractivity contribution is 5.92. The van der Waals surface area contributed by atoms with Gasteiger partial charge in [-0.15, -0.1) is 13.2 Å². The Balaban J connectivity index is 1.28. The number of aromatic hydroxyl groups is 1. The summed E-state index contributed by atoms with van der Waals surface area (Å²) in [4.78, 5) is 17.3. The van der Waals surface area contributed by atoms with Gasteiger partial charge in [0, 0.05) is 50.0 Å². The van der Waals surface area contributed by atoms with E-state index in [4.69, 9.17) is 4.74 Å². The summed E-state index contributed by atoms with van der Waals surface area (Å²) in [6.07, 6.45) is 0.555. The van der Waals surface area contributed by atoms with Gasteiger partial charge in [0.05, 0.1) is 12.0 Å². The molecule has 0 spiro atoms. The van der Waals surface area contributed by atoms with Crippen LogP contribution in [0.15, 0.2) is 24.4 Å². The van der Waals surface area contributed by atoms with Crippen LogP contribution in [-0.2, 0) is 0 Å². The number of nitrogens with one attached hydrogen (secondary N) is 1. The minimum Gasteiger partial charge on any atom is -0.508 e. The van der Waals surface area contributed by atoms with Crippen LogP contribution in [0.4, 0.5) is 27.8 Å². The Morgan fingerprint density at radius 3 is 2.53 bits per heavy atom. The van der Waals surface area contributed by atoms with Crippen molar-refractivity contribution in [1.82, 2.24) is 25.2 Å². The number of aromatic nitrogens is 3. The van der Waals surface area contributed by atoms with E-state index in [1.807, 2.05) is 4.90 Å². The van der Waals surface area contributed by atoms with Gasteiger partial charge in [-0.2, -0.15) is 9.97 Å². The third kappa shape index (κ3) is 6.85. The summed E-state index contributed by atoms with van der Waals surface area (Å²) in [5.74, 6) is -1.65. The van der Waals surface area contributed by atoms with Gasteiger partial charge >= 0.3 is 12.4 Å². The quantitative estimate of drug-likeness (QED) is 0.244. The van der Waals surface area contributed by atoms with Gasteiger partial charge in [0.1, 0.15) is 34.7 Å². The summed E-state index contributed by atoms with van der Waals surface area (Å²) < 4.78 is 78.8. The third-order valence-electron chi connectivity index (χ3n) is 8.17. The summed E-state index contributed by atoms with van der Waals surface area (Å²) >= 11 is 0. The van der Waals surface area contributed by atoms with Crippen LogP contribution in [0.1, 0.15) is 38.5 Å². The summed E-state index contributed by atoms with van der Waals surface area (Å²) in [7, 11) is 0. The molecule has 0 aliphatic carbocycles. The fourth-order valence-electron chi connectivity index (χ4n) is 6.17. The number of rotatable bonds is 10. The molecule has 43 heavy (non-hydrogen) atoms. The van der Waals surface area contributed by atoms with Crippen LogP contribution in [0.2, 0.25) is 0 Å². The SMILES string of the molecule is Oc1ccc(OC(F)(F)F)c(-c2ncc3c(N4CC5CCC(C4)N5)nc(OCCCCCN4CC[C@@H](F)C4)nc3c2F)c1. The van der Waals surface area contributed by atoms with Crippen LogP contribution in [0.3, 0.4) is 0 Å². The molecule has 14 heteroatoms. The standard InChI is InChI=1S/C29H33F5N6O3/c30-17-8-10-39(14-17)9-2-1-3-11-42-28-37-26-22(27(38-28)40-15-18-4-5-19(16-40)36-18)13-35-25(24(26)31)21-12-20(41)6-7-23(21)43-29(32,33)34/h6-7,12-13,17-19,36,41H,1-5,8-11,14-16H2/t17-,18?,19?/m1/s1. The van der Waals surface area contributed by atoms with Crippen LogP contribution in [0, 0.1) is 5.82 Å². The van der Waals surface area contributed by atoms with E-state index in [0.29, 0.717) is 43.7 Å². The van der Waals surface area contributed by atoms with E-state index >= 15 is 4.39 Å². The topological polar surface area (TPSA) is 95.9 Å². The minimum atomic E-state index is -5.04. The van der Waals surface area contributed by atoms with Crippen molar-refractivity contribution in [2.75, 3.05) is 44.2 Å². The lowest BCUT2D eigenvalue weighted by atomic mass is 10.1. The Labute approximate surface area is 245 Å². The van der Waals surface area contributed by atoms with Crippen LogP contribution >= 0.6 is 0 Å². The molecular weight excluding hydrogens is 575 g/mol. The molecular formula is C29H33F5N6O3. The van der Waals surface area contributed by atoms with E-state index < -0.39 is 29.8 Å². The fourth-order valence-corrected chi connectivity index (χ4v) is 6.17. The third-order valence-corrected chi connectivity index (χ3v) is 8.17. The Bertz CT molecular complexity index is 1450. The largest absolute Gasteiger partial charge is 0.573 e. The van der Waals surface area contributed by atoms with Gasteiger partial charge in [0.25, 0.3) is 0 Å². The van der Waals surface area contributed by atoms with Crippen molar-refractivity contribution in [1.29, 1.82) is 0 Å². The molecule has 2 bridgehead atoms. The number of hydrogen-bond donors (Lipinski definition) is 2. The first-order chi connectivity index (χ1) is 20.6. The molecule has 2 aromatic heterocycles. The second-order valence-electron chi connectivity index (χ2n) is 11.4. The van der Waals surface area contributed by atoms with Crippen molar-refractivity contribution in [2.24, 2.45) is 0 Å². The van der Waals surface area contributed by atoms with Gasteiger partial charge in [-0.1, -0.05) is 0 Å². The summed E-state index contributed by atoms with van der Waals surface area (Å²) in [6, 6.07) is 3.33. The Hall–Kier alpha value is -3.52. The first kappa shape index (κ1) is 29.5.